The normalized spacial score (nSPS) is 9.95. The topological polar surface area (TPSA) is 27.7 Å². The maximum atomic E-state index is 5.90. The van der Waals surface area contributed by atoms with Gasteiger partial charge in [0.05, 0.1) is 0 Å². The summed E-state index contributed by atoms with van der Waals surface area (Å²) in [6.45, 7) is 40.3. The molecule has 0 radical (unpaired) electrons. The van der Waals surface area contributed by atoms with Crippen molar-refractivity contribution >= 4 is 49.9 Å². The Balaban J connectivity index is -0.0000000166. The quantitative estimate of drug-likeness (QED) is 0.265. The molecule has 0 fully saturated rings. The van der Waals surface area contributed by atoms with E-state index in [0.29, 0.717) is 0 Å². The summed E-state index contributed by atoms with van der Waals surface area (Å²) in [5.74, 6) is 0. The summed E-state index contributed by atoms with van der Waals surface area (Å²) in [4.78, 5) is 0. The van der Waals surface area contributed by atoms with Crippen molar-refractivity contribution in [2.45, 2.75) is 200 Å². The van der Waals surface area contributed by atoms with Gasteiger partial charge in [-0.1, -0.05) is 81.7 Å². The van der Waals surface area contributed by atoms with Gasteiger partial charge in [-0.15, -0.1) is 0 Å². The minimum absolute atomic E-state index is 0. The fourth-order valence-electron chi connectivity index (χ4n) is 2.76. The monoisotopic (exact) mass is 663 g/mol. The van der Waals surface area contributed by atoms with E-state index in [0.717, 1.165) is 0 Å². The fourth-order valence-corrected chi connectivity index (χ4v) is 24.8. The molecule has 0 unspecified atom stereocenters. The summed E-state index contributed by atoms with van der Waals surface area (Å²) < 4.78 is 17.7. The zero-order chi connectivity index (χ0) is 23.1. The number of hydrogen-bond donors (Lipinski definition) is 0. The molecule has 9 heteroatoms. The van der Waals surface area contributed by atoms with Gasteiger partial charge in [0.25, 0.3) is 0 Å². The van der Waals surface area contributed by atoms with Gasteiger partial charge in [-0.3, -0.25) is 0 Å². The van der Waals surface area contributed by atoms with Gasteiger partial charge in [-0.25, -0.2) is 0 Å². The fraction of sp³-hybridized carbons (Fsp3) is 1.00. The SMILES string of the molecule is C.C.C.C.C.C.C.C.C.C.C.C[Si](C)(C)O[Si](C)(C)C.C[Si](C)(C)O[Si](C)(C)C.C[Si](C)(C)O[Si](C)(C)C. The van der Waals surface area contributed by atoms with Crippen molar-refractivity contribution < 1.29 is 12.3 Å². The lowest BCUT2D eigenvalue weighted by Crippen LogP contribution is -2.39. The molecule has 0 aliphatic carbocycles. The van der Waals surface area contributed by atoms with Crippen LogP contribution in [0.25, 0.3) is 0 Å². The molecule has 0 aromatic rings. The molecule has 0 saturated heterocycles. The molecular weight excluding hydrogens is 565 g/mol. The van der Waals surface area contributed by atoms with E-state index >= 15 is 0 Å². The summed E-state index contributed by atoms with van der Waals surface area (Å²) in [6, 6.07) is 0. The molecule has 38 heavy (non-hydrogen) atoms. The van der Waals surface area contributed by atoms with E-state index in [9.17, 15) is 0 Å². The van der Waals surface area contributed by atoms with E-state index < -0.39 is 49.9 Å². The standard InChI is InChI=1S/3C6H18OSi2.11CH4/c3*1-8(2,3)7-9(4,5)6;;;;;;;;;;;/h3*1-6H3;11*1H4. The molecule has 0 aromatic heterocycles. The zero-order valence-corrected chi connectivity index (χ0v) is 28.2. The van der Waals surface area contributed by atoms with Gasteiger partial charge in [-0.2, -0.15) is 0 Å². The average molecular weight is 664 g/mol. The van der Waals surface area contributed by atoms with Crippen LogP contribution in [0.2, 0.25) is 118 Å². The van der Waals surface area contributed by atoms with E-state index in [2.05, 4.69) is 118 Å². The Labute approximate surface area is 260 Å². The number of hydrogen-bond acceptors (Lipinski definition) is 3. The molecule has 0 amide bonds. The Bertz CT molecular complexity index is 296. The van der Waals surface area contributed by atoms with Crippen LogP contribution >= 0.6 is 0 Å². The van der Waals surface area contributed by atoms with Crippen LogP contribution in [0.5, 0.6) is 0 Å². The van der Waals surface area contributed by atoms with Crippen LogP contribution in [0.3, 0.4) is 0 Å². The van der Waals surface area contributed by atoms with Crippen LogP contribution in [0, 0.1) is 0 Å². The van der Waals surface area contributed by atoms with Crippen molar-refractivity contribution in [2.75, 3.05) is 0 Å². The first-order chi connectivity index (χ1) is 11.1. The highest BCUT2D eigenvalue weighted by Crippen LogP contribution is 2.14. The van der Waals surface area contributed by atoms with Crippen molar-refractivity contribution in [3.8, 4) is 0 Å². The predicted octanol–water partition coefficient (Wildman–Crippen LogP) is 15.0. The second-order valence-corrected chi connectivity index (χ2v) is 40.8. The molecule has 0 heterocycles. The Kier molecular flexibility index (Phi) is 77.5. The van der Waals surface area contributed by atoms with Gasteiger partial charge in [0.2, 0.25) is 0 Å². The second-order valence-electron chi connectivity index (χ2n) is 13.0. The Hall–Kier alpha value is 1.18. The first-order valence-electron chi connectivity index (χ1n) is 10.2. The first kappa shape index (κ1) is 90.1. The van der Waals surface area contributed by atoms with Gasteiger partial charge in [-0.05, 0) is 118 Å². The highest BCUT2D eigenvalue weighted by Gasteiger charge is 2.25. The van der Waals surface area contributed by atoms with Crippen molar-refractivity contribution in [3.63, 3.8) is 0 Å². The van der Waals surface area contributed by atoms with E-state index in [1.807, 2.05) is 0 Å². The van der Waals surface area contributed by atoms with Crippen molar-refractivity contribution in [1.29, 1.82) is 0 Å². The molecule has 0 aromatic carbocycles. The van der Waals surface area contributed by atoms with Crippen LogP contribution < -0.4 is 0 Å². The lowest BCUT2D eigenvalue weighted by molar-refractivity contribution is 0.558. The van der Waals surface area contributed by atoms with Crippen molar-refractivity contribution in [3.05, 3.63) is 0 Å². The van der Waals surface area contributed by atoms with Gasteiger partial charge >= 0.3 is 0 Å². The Morgan fingerprint density at radius 2 is 0.237 bits per heavy atom. The average Bonchev–Trinajstić information content (AvgIpc) is 1.96. The van der Waals surface area contributed by atoms with Gasteiger partial charge in [0.15, 0.2) is 49.9 Å². The minimum Gasteiger partial charge on any atom is -0.456 e. The van der Waals surface area contributed by atoms with Gasteiger partial charge < -0.3 is 12.3 Å². The third kappa shape index (κ3) is 132. The summed E-state index contributed by atoms with van der Waals surface area (Å²) in [6.07, 6.45) is 0. The maximum absolute atomic E-state index is 5.90. The van der Waals surface area contributed by atoms with Gasteiger partial charge in [0.1, 0.15) is 0 Å². The van der Waals surface area contributed by atoms with E-state index in [1.165, 1.54) is 0 Å². The van der Waals surface area contributed by atoms with Crippen LogP contribution in [0.4, 0.5) is 0 Å². The molecule has 3 nitrogen and oxygen atoms in total. The highest BCUT2D eigenvalue weighted by atomic mass is 28.4. The summed E-state index contributed by atoms with van der Waals surface area (Å²) >= 11 is 0. The smallest absolute Gasteiger partial charge is 0.170 e. The van der Waals surface area contributed by atoms with Crippen molar-refractivity contribution in [2.24, 2.45) is 0 Å². The van der Waals surface area contributed by atoms with Crippen LogP contribution in [-0.4, -0.2) is 49.9 Å². The summed E-state index contributed by atoms with van der Waals surface area (Å²) in [7, 11) is -7.39. The van der Waals surface area contributed by atoms with Crippen LogP contribution in [0.1, 0.15) is 81.7 Å². The molecular formula is C29H98O3Si6. The lowest BCUT2D eigenvalue weighted by Gasteiger charge is -2.27. The molecule has 0 aliphatic rings. The van der Waals surface area contributed by atoms with Crippen LogP contribution in [0.15, 0.2) is 0 Å². The molecule has 256 valence electrons. The second kappa shape index (κ2) is 32.7. The van der Waals surface area contributed by atoms with Crippen molar-refractivity contribution in [1.82, 2.24) is 0 Å². The Morgan fingerprint density at radius 1 is 0.184 bits per heavy atom. The van der Waals surface area contributed by atoms with E-state index in [-0.39, 0.29) is 81.7 Å². The molecule has 0 aliphatic heterocycles. The molecule has 0 saturated carbocycles. The van der Waals surface area contributed by atoms with Crippen LogP contribution in [-0.2, 0) is 12.3 Å². The van der Waals surface area contributed by atoms with E-state index in [4.69, 9.17) is 12.3 Å². The third-order valence-corrected chi connectivity index (χ3v) is 16.5. The molecule has 0 rings (SSSR count). The Morgan fingerprint density at radius 3 is 0.237 bits per heavy atom. The first-order valence-corrected chi connectivity index (χ1v) is 30.7. The third-order valence-electron chi connectivity index (χ3n) is 1.84. The number of rotatable bonds is 6. The molecule has 0 bridgehead atoms. The highest BCUT2D eigenvalue weighted by molar-refractivity contribution is 6.84. The predicted molar refractivity (Wildman–Crippen MR) is 217 cm³/mol. The summed E-state index contributed by atoms with van der Waals surface area (Å²) in [5, 5.41) is 0. The van der Waals surface area contributed by atoms with E-state index in [1.54, 1.807) is 0 Å². The lowest BCUT2D eigenvalue weighted by atomic mass is 11.8. The largest absolute Gasteiger partial charge is 0.456 e. The maximum Gasteiger partial charge on any atom is 0.170 e. The van der Waals surface area contributed by atoms with Gasteiger partial charge in [0, 0.05) is 0 Å². The molecule has 0 spiro atoms. The molecule has 0 atom stereocenters. The molecule has 0 N–H and O–H groups in total. The summed E-state index contributed by atoms with van der Waals surface area (Å²) in [5.41, 5.74) is 0. The minimum atomic E-state index is -1.23. The zero-order valence-electron chi connectivity index (χ0n) is 22.2.